The minimum Gasteiger partial charge on any atom is -0.458 e. The van der Waals surface area contributed by atoms with Crippen LogP contribution in [0.3, 0.4) is 0 Å². The van der Waals surface area contributed by atoms with E-state index >= 15 is 0 Å². The van der Waals surface area contributed by atoms with Crippen molar-refractivity contribution in [3.05, 3.63) is 33.8 Å². The van der Waals surface area contributed by atoms with Crippen molar-refractivity contribution in [2.24, 2.45) is 5.73 Å². The fourth-order valence-corrected chi connectivity index (χ4v) is 5.18. The number of carbonyl (C=O) groups excluding carboxylic acids is 4. The molecule has 11 heteroatoms. The average molecular weight is 454 g/mol. The van der Waals surface area contributed by atoms with Crippen LogP contribution in [0.4, 0.5) is 9.59 Å². The topological polar surface area (TPSA) is 130 Å². The quantitative estimate of drug-likeness (QED) is 0.458. The zero-order valence-corrected chi connectivity index (χ0v) is 18.5. The Labute approximate surface area is 183 Å². The van der Waals surface area contributed by atoms with Crippen molar-refractivity contribution in [2.75, 3.05) is 13.2 Å². The van der Waals surface area contributed by atoms with Gasteiger partial charge in [-0.1, -0.05) is 0 Å². The zero-order valence-electron chi connectivity index (χ0n) is 16.8. The van der Waals surface area contributed by atoms with E-state index in [1.807, 2.05) is 0 Å². The highest BCUT2D eigenvalue weighted by atomic mass is 32.2. The second-order valence-corrected chi connectivity index (χ2v) is 8.14. The molecule has 0 radical (unpaired) electrons. The van der Waals surface area contributed by atoms with E-state index in [-0.39, 0.29) is 53.8 Å². The van der Waals surface area contributed by atoms with Crippen LogP contribution in [0.5, 0.6) is 0 Å². The maximum Gasteiger partial charge on any atom is 0.407 e. The molecule has 0 fully saturated rings. The largest absolute Gasteiger partial charge is 0.458 e. The van der Waals surface area contributed by atoms with Crippen molar-refractivity contribution in [3.8, 4) is 0 Å². The lowest BCUT2D eigenvalue weighted by molar-refractivity contribution is 0.0967. The van der Waals surface area contributed by atoms with Gasteiger partial charge >= 0.3 is 11.4 Å². The molecule has 0 saturated heterocycles. The van der Waals surface area contributed by atoms with Crippen LogP contribution in [0, 0.1) is 0 Å². The number of rotatable bonds is 5. The number of hydrogen-bond acceptors (Lipinski definition) is 9. The molecule has 162 valence electrons. The van der Waals surface area contributed by atoms with E-state index in [9.17, 15) is 19.2 Å². The number of fused-ring (bicyclic) bond motifs is 3. The van der Waals surface area contributed by atoms with Crippen molar-refractivity contribution in [1.82, 2.24) is 9.88 Å². The summed E-state index contributed by atoms with van der Waals surface area (Å²) >= 11 is 5.25. The van der Waals surface area contributed by atoms with Crippen LogP contribution < -0.4 is 11.1 Å². The Hall–Kier alpha value is -2.40. The highest BCUT2D eigenvalue weighted by Gasteiger charge is 2.46. The maximum absolute atomic E-state index is 13.0. The minimum atomic E-state index is -0.633. The lowest BCUT2D eigenvalue weighted by Crippen LogP contribution is -2.39. The van der Waals surface area contributed by atoms with Crippen LogP contribution in [0.15, 0.2) is 11.3 Å². The Morgan fingerprint density at radius 2 is 1.90 bits per heavy atom. The molecule has 1 aromatic rings. The fourth-order valence-electron chi connectivity index (χ4n) is 3.77. The van der Waals surface area contributed by atoms with E-state index in [2.05, 4.69) is 17.9 Å². The predicted octanol–water partition coefficient (Wildman–Crippen LogP) is 2.59. The van der Waals surface area contributed by atoms with Crippen molar-refractivity contribution < 1.29 is 28.7 Å². The summed E-state index contributed by atoms with van der Waals surface area (Å²) in [5.74, 6) is -0.627. The number of carbonyl (C=O) groups is 4. The number of alkyl carbamates (subject to hydrolysis) is 1. The van der Waals surface area contributed by atoms with Gasteiger partial charge in [0, 0.05) is 23.6 Å². The number of aromatic nitrogens is 1. The van der Waals surface area contributed by atoms with Gasteiger partial charge in [0.1, 0.15) is 5.69 Å². The lowest BCUT2D eigenvalue weighted by Gasteiger charge is -2.21. The monoisotopic (exact) mass is 453 g/mol. The highest BCUT2D eigenvalue weighted by Crippen LogP contribution is 2.46. The summed E-state index contributed by atoms with van der Waals surface area (Å²) in [5.41, 5.74) is 7.50. The molecule has 1 aliphatic carbocycles. The number of ketones is 2. The molecule has 3 N–H and O–H groups in total. The molecule has 2 atom stereocenters. The molecule has 9 nitrogen and oxygen atoms in total. The molecule has 0 aromatic carbocycles. The van der Waals surface area contributed by atoms with Gasteiger partial charge in [-0.2, -0.15) is 12.6 Å². The van der Waals surface area contributed by atoms with Crippen LogP contribution >= 0.6 is 24.4 Å². The fraction of sp³-hybridized carbons (Fsp3) is 0.474. The van der Waals surface area contributed by atoms with Gasteiger partial charge in [0.05, 0.1) is 35.8 Å². The number of thioether (sulfide) groups is 1. The molecule has 1 amide bonds. The number of thiol groups is 1. The number of nitrogens with two attached hydrogens (primary N) is 1. The molecule has 2 aliphatic rings. The first-order chi connectivity index (χ1) is 14.3. The normalized spacial score (nSPS) is 20.1. The molecular formula is C19H23N3O6S2. The van der Waals surface area contributed by atoms with Crippen LogP contribution in [-0.2, 0) is 21.8 Å². The molecule has 30 heavy (non-hydrogen) atoms. The number of allylic oxidation sites excluding steroid dienone is 2. The Morgan fingerprint density at radius 1 is 1.23 bits per heavy atom. The first kappa shape index (κ1) is 22.3. The van der Waals surface area contributed by atoms with Gasteiger partial charge in [-0.05, 0) is 38.1 Å². The standard InChI is InChI=1S/C19H23N3O6S2/c1-4-27-18(25)21-10-6-22-13(17(10)30-19(26)28-5-2)9(7-29)11-14(22)15(23)8(3)12(20)16(11)24/h10,17,29H,4-7,20H2,1-3H3,(H,21,25)/t10-,17-/m1/s1. The van der Waals surface area contributed by atoms with Gasteiger partial charge in [0.25, 0.3) is 0 Å². The van der Waals surface area contributed by atoms with Gasteiger partial charge in [-0.15, -0.1) is 0 Å². The summed E-state index contributed by atoms with van der Waals surface area (Å²) in [6, 6.07) is -0.552. The van der Waals surface area contributed by atoms with Gasteiger partial charge in [-0.3, -0.25) is 9.59 Å². The molecule has 2 heterocycles. The average Bonchev–Trinajstić information content (AvgIpc) is 3.19. The Bertz CT molecular complexity index is 968. The van der Waals surface area contributed by atoms with Gasteiger partial charge in [0.2, 0.25) is 11.6 Å². The minimum absolute atomic E-state index is 0.0874. The molecular weight excluding hydrogens is 430 g/mol. The van der Waals surface area contributed by atoms with Crippen LogP contribution in [0.25, 0.3) is 0 Å². The van der Waals surface area contributed by atoms with Crippen LogP contribution in [0.1, 0.15) is 58.1 Å². The second kappa shape index (κ2) is 8.76. The molecule has 0 spiro atoms. The Kier molecular flexibility index (Phi) is 6.51. The van der Waals surface area contributed by atoms with E-state index in [0.717, 1.165) is 11.8 Å². The van der Waals surface area contributed by atoms with Crippen molar-refractivity contribution in [3.63, 3.8) is 0 Å². The van der Waals surface area contributed by atoms with E-state index in [1.165, 1.54) is 6.92 Å². The zero-order chi connectivity index (χ0) is 22.2. The van der Waals surface area contributed by atoms with Gasteiger partial charge in [-0.25, -0.2) is 9.59 Å². The SMILES string of the molecule is CCOC(=O)N[C@@H]1Cn2c3c(c(CS)c2[C@@H]1SC(=O)OCC)C(=O)C(N)=C(C)C3=O. The number of nitrogens with one attached hydrogen (secondary N) is 1. The molecule has 1 aliphatic heterocycles. The number of hydrogen-bond donors (Lipinski definition) is 3. The number of nitrogens with zero attached hydrogens (tertiary/aromatic N) is 1. The first-order valence-corrected chi connectivity index (χ1v) is 11.0. The summed E-state index contributed by atoms with van der Waals surface area (Å²) in [4.78, 5) is 50.1. The lowest BCUT2D eigenvalue weighted by atomic mass is 9.90. The number of amides is 1. The summed E-state index contributed by atoms with van der Waals surface area (Å²) in [6.07, 6.45) is -0.633. The second-order valence-electron chi connectivity index (χ2n) is 6.75. The van der Waals surface area contributed by atoms with E-state index in [4.69, 9.17) is 15.2 Å². The molecule has 1 aromatic heterocycles. The smallest absolute Gasteiger partial charge is 0.407 e. The predicted molar refractivity (Wildman–Crippen MR) is 114 cm³/mol. The highest BCUT2D eigenvalue weighted by molar-refractivity contribution is 8.13. The summed E-state index contributed by atoms with van der Waals surface area (Å²) in [7, 11) is 0. The van der Waals surface area contributed by atoms with E-state index in [0.29, 0.717) is 11.3 Å². The summed E-state index contributed by atoms with van der Waals surface area (Å²) in [6.45, 7) is 5.45. The van der Waals surface area contributed by atoms with Crippen molar-refractivity contribution >= 4 is 47.4 Å². The van der Waals surface area contributed by atoms with Crippen LogP contribution in [0.2, 0.25) is 0 Å². The van der Waals surface area contributed by atoms with Crippen LogP contribution in [-0.4, -0.2) is 46.8 Å². The Balaban J connectivity index is 2.11. The third-order valence-electron chi connectivity index (χ3n) is 5.08. The third kappa shape index (κ3) is 3.60. The molecule has 0 unspecified atom stereocenters. The number of Topliss-reactive ketones (excluding diaryl/α,β-unsaturated/α-hetero) is 2. The first-order valence-electron chi connectivity index (χ1n) is 9.45. The van der Waals surface area contributed by atoms with Gasteiger partial charge in [0.15, 0.2) is 0 Å². The molecule has 0 bridgehead atoms. The van der Waals surface area contributed by atoms with Gasteiger partial charge < -0.3 is 25.1 Å². The van der Waals surface area contributed by atoms with E-state index in [1.54, 1.807) is 18.4 Å². The maximum atomic E-state index is 13.0. The molecule has 0 saturated carbocycles. The summed E-state index contributed by atoms with van der Waals surface area (Å²) in [5, 5.41) is 1.63. The third-order valence-corrected chi connectivity index (χ3v) is 6.51. The number of ether oxygens (including phenoxy) is 2. The van der Waals surface area contributed by atoms with E-state index < -0.39 is 28.5 Å². The van der Waals surface area contributed by atoms with Crippen molar-refractivity contribution in [1.29, 1.82) is 0 Å². The summed E-state index contributed by atoms with van der Waals surface area (Å²) < 4.78 is 11.7. The Morgan fingerprint density at radius 3 is 2.50 bits per heavy atom. The van der Waals surface area contributed by atoms with Crippen molar-refractivity contribution in [2.45, 2.75) is 44.4 Å². The molecule has 3 rings (SSSR count).